The second-order valence-corrected chi connectivity index (χ2v) is 6.10. The van der Waals surface area contributed by atoms with E-state index in [-0.39, 0.29) is 5.60 Å². The molecule has 14 heavy (non-hydrogen) atoms. The molecular formula is C12H25NO. The summed E-state index contributed by atoms with van der Waals surface area (Å²) in [6, 6.07) is 0. The maximum Gasteiger partial charge on any atom is 0.0598 e. The minimum Gasteiger partial charge on any atom is -0.375 e. The van der Waals surface area contributed by atoms with Gasteiger partial charge in [-0.3, -0.25) is 0 Å². The van der Waals surface area contributed by atoms with Crippen LogP contribution in [-0.4, -0.2) is 25.3 Å². The molecule has 1 saturated heterocycles. The van der Waals surface area contributed by atoms with E-state index >= 15 is 0 Å². The quantitative estimate of drug-likeness (QED) is 0.751. The van der Waals surface area contributed by atoms with E-state index in [1.165, 1.54) is 6.42 Å². The molecule has 1 aliphatic rings. The summed E-state index contributed by atoms with van der Waals surface area (Å²) in [7, 11) is 0. The van der Waals surface area contributed by atoms with Crippen LogP contribution in [0.2, 0.25) is 0 Å². The highest BCUT2D eigenvalue weighted by atomic mass is 16.5. The van der Waals surface area contributed by atoms with Gasteiger partial charge in [0.2, 0.25) is 0 Å². The monoisotopic (exact) mass is 199 g/mol. The fraction of sp³-hybridized carbons (Fsp3) is 1.00. The zero-order chi connectivity index (χ0) is 10.8. The van der Waals surface area contributed by atoms with Gasteiger partial charge >= 0.3 is 0 Å². The summed E-state index contributed by atoms with van der Waals surface area (Å²) in [6.45, 7) is 14.1. The number of hydrogen-bond acceptors (Lipinski definition) is 2. The molecule has 0 saturated carbocycles. The molecule has 0 bridgehead atoms. The second-order valence-electron chi connectivity index (χ2n) is 6.10. The van der Waals surface area contributed by atoms with Crippen LogP contribution in [0.5, 0.6) is 0 Å². The smallest absolute Gasteiger partial charge is 0.0598 e. The topological polar surface area (TPSA) is 21.3 Å². The number of ether oxygens (including phenoxy) is 1. The lowest BCUT2D eigenvalue weighted by Crippen LogP contribution is -2.57. The molecule has 0 atom stereocenters. The molecule has 0 aromatic rings. The van der Waals surface area contributed by atoms with Crippen LogP contribution in [0, 0.1) is 11.3 Å². The molecule has 2 heteroatoms. The van der Waals surface area contributed by atoms with Crippen LogP contribution < -0.4 is 5.32 Å². The van der Waals surface area contributed by atoms with Crippen molar-refractivity contribution >= 4 is 0 Å². The van der Waals surface area contributed by atoms with Crippen molar-refractivity contribution in [2.45, 2.75) is 46.6 Å². The van der Waals surface area contributed by atoms with Crippen molar-refractivity contribution in [2.75, 3.05) is 19.7 Å². The number of nitrogens with one attached hydrogen (secondary N) is 1. The Hall–Kier alpha value is -0.0800. The van der Waals surface area contributed by atoms with E-state index in [1.54, 1.807) is 0 Å². The van der Waals surface area contributed by atoms with Gasteiger partial charge in [-0.25, -0.2) is 0 Å². The molecule has 1 heterocycles. The summed E-state index contributed by atoms with van der Waals surface area (Å²) < 4.78 is 5.90. The van der Waals surface area contributed by atoms with Crippen molar-refractivity contribution in [3.05, 3.63) is 0 Å². The summed E-state index contributed by atoms with van der Waals surface area (Å²) in [6.07, 6.45) is 1.27. The molecule has 1 fully saturated rings. The molecule has 84 valence electrons. The van der Waals surface area contributed by atoms with Gasteiger partial charge in [0.1, 0.15) is 0 Å². The van der Waals surface area contributed by atoms with Gasteiger partial charge in [0, 0.05) is 18.5 Å². The Morgan fingerprint density at radius 1 is 1.29 bits per heavy atom. The molecular weight excluding hydrogens is 174 g/mol. The largest absolute Gasteiger partial charge is 0.375 e. The minimum absolute atomic E-state index is 0.000427. The van der Waals surface area contributed by atoms with Crippen LogP contribution in [0.4, 0.5) is 0 Å². The van der Waals surface area contributed by atoms with Crippen molar-refractivity contribution in [1.29, 1.82) is 0 Å². The third-order valence-electron chi connectivity index (χ3n) is 2.65. The molecule has 0 spiro atoms. The number of hydrogen-bond donors (Lipinski definition) is 1. The van der Waals surface area contributed by atoms with Gasteiger partial charge in [-0.15, -0.1) is 0 Å². The van der Waals surface area contributed by atoms with Crippen molar-refractivity contribution in [3.63, 3.8) is 0 Å². The van der Waals surface area contributed by atoms with Crippen LogP contribution in [0.1, 0.15) is 41.0 Å². The lowest BCUT2D eigenvalue weighted by atomic mass is 9.75. The Kier molecular flexibility index (Phi) is 3.59. The second kappa shape index (κ2) is 4.19. The van der Waals surface area contributed by atoms with Gasteiger partial charge in [-0.2, -0.15) is 0 Å². The Labute approximate surface area is 88.4 Å². The van der Waals surface area contributed by atoms with Crippen molar-refractivity contribution in [2.24, 2.45) is 11.3 Å². The van der Waals surface area contributed by atoms with Crippen molar-refractivity contribution < 1.29 is 4.74 Å². The van der Waals surface area contributed by atoms with Gasteiger partial charge in [0.05, 0.1) is 12.2 Å². The Balaban J connectivity index is 2.38. The van der Waals surface area contributed by atoms with E-state index in [4.69, 9.17) is 4.74 Å². The number of rotatable bonds is 4. The summed E-state index contributed by atoms with van der Waals surface area (Å²) in [5, 5.41) is 3.36. The maximum absolute atomic E-state index is 5.90. The molecule has 0 unspecified atom stereocenters. The summed E-state index contributed by atoms with van der Waals surface area (Å²) in [4.78, 5) is 0. The first-order chi connectivity index (χ1) is 6.33. The SMILES string of the molecule is CC(C)CC1(COC(C)(C)C)CNC1. The third kappa shape index (κ3) is 3.58. The first kappa shape index (κ1) is 12.0. The normalized spacial score (nSPS) is 21.0. The molecule has 1 rings (SSSR count). The zero-order valence-electron chi connectivity index (χ0n) is 10.3. The van der Waals surface area contributed by atoms with Crippen LogP contribution in [-0.2, 0) is 4.74 Å². The Morgan fingerprint density at radius 3 is 2.14 bits per heavy atom. The van der Waals surface area contributed by atoms with E-state index < -0.39 is 0 Å². The van der Waals surface area contributed by atoms with Crippen LogP contribution in [0.3, 0.4) is 0 Å². The Bertz CT molecular complexity index is 177. The van der Waals surface area contributed by atoms with Crippen LogP contribution in [0.25, 0.3) is 0 Å². The first-order valence-corrected chi connectivity index (χ1v) is 5.68. The van der Waals surface area contributed by atoms with Gasteiger partial charge < -0.3 is 10.1 Å². The van der Waals surface area contributed by atoms with Gasteiger partial charge in [0.15, 0.2) is 0 Å². The third-order valence-corrected chi connectivity index (χ3v) is 2.65. The van der Waals surface area contributed by atoms with E-state index in [1.807, 2.05) is 0 Å². The molecule has 0 amide bonds. The first-order valence-electron chi connectivity index (χ1n) is 5.68. The lowest BCUT2D eigenvalue weighted by molar-refractivity contribution is -0.0751. The molecule has 0 aromatic heterocycles. The van der Waals surface area contributed by atoms with E-state index in [9.17, 15) is 0 Å². The van der Waals surface area contributed by atoms with E-state index in [0.717, 1.165) is 25.6 Å². The average Bonchev–Trinajstić information content (AvgIpc) is 1.92. The molecule has 0 radical (unpaired) electrons. The predicted molar refractivity (Wildman–Crippen MR) is 60.5 cm³/mol. The van der Waals surface area contributed by atoms with Crippen molar-refractivity contribution in [3.8, 4) is 0 Å². The predicted octanol–water partition coefficient (Wildman–Crippen LogP) is 2.44. The standard InChI is InChI=1S/C12H25NO/c1-10(2)6-12(7-13-8-12)9-14-11(3,4)5/h10,13H,6-9H2,1-5H3. The van der Waals surface area contributed by atoms with E-state index in [2.05, 4.69) is 39.9 Å². The lowest BCUT2D eigenvalue weighted by Gasteiger charge is -2.45. The van der Waals surface area contributed by atoms with Crippen LogP contribution in [0.15, 0.2) is 0 Å². The van der Waals surface area contributed by atoms with E-state index in [0.29, 0.717) is 5.41 Å². The summed E-state index contributed by atoms with van der Waals surface area (Å²) >= 11 is 0. The molecule has 2 nitrogen and oxygen atoms in total. The molecule has 1 aliphatic heterocycles. The van der Waals surface area contributed by atoms with Gasteiger partial charge in [-0.05, 0) is 33.1 Å². The van der Waals surface area contributed by atoms with Gasteiger partial charge in [0.25, 0.3) is 0 Å². The summed E-state index contributed by atoms with van der Waals surface area (Å²) in [5.74, 6) is 0.765. The fourth-order valence-electron chi connectivity index (χ4n) is 2.02. The summed E-state index contributed by atoms with van der Waals surface area (Å²) in [5.41, 5.74) is 0.418. The molecule has 0 aromatic carbocycles. The fourth-order valence-corrected chi connectivity index (χ4v) is 2.02. The molecule has 1 N–H and O–H groups in total. The molecule has 0 aliphatic carbocycles. The maximum atomic E-state index is 5.90. The highest BCUT2D eigenvalue weighted by Crippen LogP contribution is 2.32. The van der Waals surface area contributed by atoms with Crippen LogP contribution >= 0.6 is 0 Å². The minimum atomic E-state index is -0.000427. The average molecular weight is 199 g/mol. The highest BCUT2D eigenvalue weighted by Gasteiger charge is 2.38. The van der Waals surface area contributed by atoms with Crippen molar-refractivity contribution in [1.82, 2.24) is 5.32 Å². The zero-order valence-corrected chi connectivity index (χ0v) is 10.3. The van der Waals surface area contributed by atoms with Gasteiger partial charge in [-0.1, -0.05) is 13.8 Å². The Morgan fingerprint density at radius 2 is 1.86 bits per heavy atom. The highest BCUT2D eigenvalue weighted by molar-refractivity contribution is 4.93.